The summed E-state index contributed by atoms with van der Waals surface area (Å²) in [7, 11) is 0. The second-order valence-corrected chi connectivity index (χ2v) is 4.14. The van der Waals surface area contributed by atoms with Gasteiger partial charge in [-0.25, -0.2) is 8.78 Å². The Morgan fingerprint density at radius 3 is 2.86 bits per heavy atom. The van der Waals surface area contributed by atoms with Crippen LogP contribution < -0.4 is 5.32 Å². The van der Waals surface area contributed by atoms with Crippen LogP contribution in [-0.2, 0) is 4.74 Å². The van der Waals surface area contributed by atoms with E-state index in [1.807, 2.05) is 6.92 Å². The van der Waals surface area contributed by atoms with E-state index in [0.717, 1.165) is 19.3 Å². The number of rotatable bonds is 4. The van der Waals surface area contributed by atoms with Crippen molar-refractivity contribution < 1.29 is 13.5 Å². The highest BCUT2D eigenvalue weighted by Crippen LogP contribution is 2.27. The molecular formula is C10H19F2NO. The van der Waals surface area contributed by atoms with E-state index in [-0.39, 0.29) is 18.2 Å². The van der Waals surface area contributed by atoms with Crippen molar-refractivity contribution in [2.45, 2.75) is 51.2 Å². The first kappa shape index (κ1) is 11.9. The van der Waals surface area contributed by atoms with Crippen molar-refractivity contribution in [3.63, 3.8) is 0 Å². The topological polar surface area (TPSA) is 21.3 Å². The second kappa shape index (κ2) is 5.03. The Hall–Kier alpha value is -0.220. The fourth-order valence-corrected chi connectivity index (χ4v) is 1.81. The van der Waals surface area contributed by atoms with Crippen molar-refractivity contribution in [2.75, 3.05) is 13.2 Å². The molecule has 1 aliphatic heterocycles. The summed E-state index contributed by atoms with van der Waals surface area (Å²) in [5, 5.41) is 2.88. The molecule has 0 amide bonds. The maximum atomic E-state index is 12.0. The van der Waals surface area contributed by atoms with Crippen LogP contribution in [0.25, 0.3) is 0 Å². The summed E-state index contributed by atoms with van der Waals surface area (Å²) >= 11 is 0. The first-order valence-electron chi connectivity index (χ1n) is 5.21. The molecule has 2 nitrogen and oxygen atoms in total. The lowest BCUT2D eigenvalue weighted by atomic mass is 9.90. The number of nitrogens with one attached hydrogen (secondary N) is 1. The lowest BCUT2D eigenvalue weighted by Crippen LogP contribution is -2.46. The van der Waals surface area contributed by atoms with E-state index in [0.29, 0.717) is 6.61 Å². The predicted octanol–water partition coefficient (Wildman–Crippen LogP) is 2.19. The Balaban J connectivity index is 2.33. The van der Waals surface area contributed by atoms with Crippen LogP contribution in [0.3, 0.4) is 0 Å². The zero-order chi connectivity index (χ0) is 10.6. The Kier molecular flexibility index (Phi) is 4.26. The third-order valence-corrected chi connectivity index (χ3v) is 2.90. The van der Waals surface area contributed by atoms with Gasteiger partial charge in [-0.2, -0.15) is 0 Å². The van der Waals surface area contributed by atoms with E-state index in [9.17, 15) is 8.78 Å². The summed E-state index contributed by atoms with van der Waals surface area (Å²) in [6.07, 6.45) is 0.337. The molecule has 0 spiro atoms. The normalized spacial score (nSPS) is 33.6. The maximum Gasteiger partial charge on any atom is 0.250 e. The van der Waals surface area contributed by atoms with Gasteiger partial charge in [0.05, 0.1) is 12.1 Å². The van der Waals surface area contributed by atoms with Gasteiger partial charge in [0.1, 0.15) is 0 Å². The molecule has 0 aromatic rings. The minimum absolute atomic E-state index is 0.127. The molecule has 1 heterocycles. The monoisotopic (exact) mass is 207 g/mol. The van der Waals surface area contributed by atoms with Crippen LogP contribution in [0.2, 0.25) is 0 Å². The van der Waals surface area contributed by atoms with Crippen molar-refractivity contribution in [3.05, 3.63) is 0 Å². The molecular weight excluding hydrogens is 188 g/mol. The van der Waals surface area contributed by atoms with Crippen LogP contribution in [0.15, 0.2) is 0 Å². The third kappa shape index (κ3) is 3.50. The molecule has 1 N–H and O–H groups in total. The number of hydrogen-bond donors (Lipinski definition) is 1. The minimum Gasteiger partial charge on any atom is -0.375 e. The zero-order valence-electron chi connectivity index (χ0n) is 8.85. The number of hydrogen-bond acceptors (Lipinski definition) is 2. The van der Waals surface area contributed by atoms with Gasteiger partial charge in [0.25, 0.3) is 6.43 Å². The van der Waals surface area contributed by atoms with Gasteiger partial charge in [-0.15, -0.1) is 0 Å². The highest BCUT2D eigenvalue weighted by atomic mass is 19.3. The van der Waals surface area contributed by atoms with Gasteiger partial charge in [0.2, 0.25) is 0 Å². The number of alkyl halides is 2. The van der Waals surface area contributed by atoms with E-state index in [1.165, 1.54) is 0 Å². The summed E-state index contributed by atoms with van der Waals surface area (Å²) in [6.45, 7) is 4.58. The number of halogens is 2. The Morgan fingerprint density at radius 1 is 1.57 bits per heavy atom. The molecule has 4 heteroatoms. The molecule has 0 radical (unpaired) electrons. The van der Waals surface area contributed by atoms with Gasteiger partial charge in [0, 0.05) is 12.6 Å². The van der Waals surface area contributed by atoms with E-state index in [2.05, 4.69) is 12.2 Å². The molecule has 84 valence electrons. The summed E-state index contributed by atoms with van der Waals surface area (Å²) in [5.41, 5.74) is -0.127. The maximum absolute atomic E-state index is 12.0. The van der Waals surface area contributed by atoms with Gasteiger partial charge in [-0.05, 0) is 26.2 Å². The van der Waals surface area contributed by atoms with Gasteiger partial charge in [0.15, 0.2) is 0 Å². The molecule has 2 unspecified atom stereocenters. The van der Waals surface area contributed by atoms with Gasteiger partial charge in [-0.1, -0.05) is 6.92 Å². The SMILES string of the molecule is CCC1(C)CC(NCC(F)F)CCO1. The molecule has 0 aromatic heterocycles. The van der Waals surface area contributed by atoms with Gasteiger partial charge < -0.3 is 10.1 Å². The van der Waals surface area contributed by atoms with Crippen LogP contribution in [-0.4, -0.2) is 31.2 Å². The predicted molar refractivity (Wildman–Crippen MR) is 51.7 cm³/mol. The van der Waals surface area contributed by atoms with Crippen LogP contribution in [0.1, 0.15) is 33.1 Å². The molecule has 14 heavy (non-hydrogen) atoms. The highest BCUT2D eigenvalue weighted by molar-refractivity contribution is 4.85. The van der Waals surface area contributed by atoms with Gasteiger partial charge in [-0.3, -0.25) is 0 Å². The van der Waals surface area contributed by atoms with Crippen LogP contribution in [0.5, 0.6) is 0 Å². The van der Waals surface area contributed by atoms with Gasteiger partial charge >= 0.3 is 0 Å². The third-order valence-electron chi connectivity index (χ3n) is 2.90. The molecule has 1 aliphatic rings. The molecule has 0 bridgehead atoms. The Morgan fingerprint density at radius 2 is 2.29 bits per heavy atom. The van der Waals surface area contributed by atoms with Crippen molar-refractivity contribution >= 4 is 0 Å². The molecule has 0 aliphatic carbocycles. The largest absolute Gasteiger partial charge is 0.375 e. The van der Waals surface area contributed by atoms with Crippen LogP contribution in [0.4, 0.5) is 8.78 Å². The quantitative estimate of drug-likeness (QED) is 0.763. The van der Waals surface area contributed by atoms with Crippen molar-refractivity contribution in [3.8, 4) is 0 Å². The summed E-state index contributed by atoms with van der Waals surface area (Å²) in [4.78, 5) is 0. The van der Waals surface area contributed by atoms with Crippen LogP contribution >= 0.6 is 0 Å². The van der Waals surface area contributed by atoms with Crippen LogP contribution in [0, 0.1) is 0 Å². The summed E-state index contributed by atoms with van der Waals surface area (Å²) in [5.74, 6) is 0. The van der Waals surface area contributed by atoms with Crippen molar-refractivity contribution in [1.82, 2.24) is 5.32 Å². The molecule has 1 rings (SSSR count). The van der Waals surface area contributed by atoms with E-state index < -0.39 is 6.43 Å². The minimum atomic E-state index is -2.26. The average Bonchev–Trinajstić information content (AvgIpc) is 2.15. The molecule has 1 fully saturated rings. The molecule has 2 atom stereocenters. The number of ether oxygens (including phenoxy) is 1. The Labute approximate surface area is 84.0 Å². The molecule has 1 saturated heterocycles. The molecule has 0 aromatic carbocycles. The Bertz CT molecular complexity index is 178. The zero-order valence-corrected chi connectivity index (χ0v) is 8.85. The lowest BCUT2D eigenvalue weighted by Gasteiger charge is -2.38. The highest BCUT2D eigenvalue weighted by Gasteiger charge is 2.31. The smallest absolute Gasteiger partial charge is 0.250 e. The first-order chi connectivity index (χ1) is 6.56. The van der Waals surface area contributed by atoms with Crippen molar-refractivity contribution in [1.29, 1.82) is 0 Å². The first-order valence-corrected chi connectivity index (χ1v) is 5.21. The second-order valence-electron chi connectivity index (χ2n) is 4.14. The summed E-state index contributed by atoms with van der Waals surface area (Å²) in [6, 6.07) is 0.183. The van der Waals surface area contributed by atoms with Crippen molar-refractivity contribution in [2.24, 2.45) is 0 Å². The summed E-state index contributed by atoms with van der Waals surface area (Å²) < 4.78 is 29.6. The standard InChI is InChI=1S/C10H19F2NO/c1-3-10(2)6-8(4-5-14-10)13-7-9(11)12/h8-9,13H,3-7H2,1-2H3. The van der Waals surface area contributed by atoms with E-state index in [4.69, 9.17) is 4.74 Å². The fourth-order valence-electron chi connectivity index (χ4n) is 1.81. The molecule has 0 saturated carbocycles. The lowest BCUT2D eigenvalue weighted by molar-refractivity contribution is -0.0790. The fraction of sp³-hybridized carbons (Fsp3) is 1.00. The van der Waals surface area contributed by atoms with E-state index in [1.54, 1.807) is 0 Å². The van der Waals surface area contributed by atoms with E-state index >= 15 is 0 Å². The average molecular weight is 207 g/mol.